The maximum Gasteiger partial charge on any atom is 0.410 e. The molecular formula is C14H24N2O5. The Kier molecular flexibility index (Phi) is 4.41. The van der Waals surface area contributed by atoms with Gasteiger partial charge in [-0.25, -0.2) is 4.79 Å². The lowest BCUT2D eigenvalue weighted by Crippen LogP contribution is -2.50. The third-order valence-electron chi connectivity index (χ3n) is 4.34. The van der Waals surface area contributed by atoms with Crippen molar-refractivity contribution in [1.29, 1.82) is 0 Å². The molecule has 2 fully saturated rings. The fourth-order valence-electron chi connectivity index (χ4n) is 3.64. The first kappa shape index (κ1) is 16.0. The highest BCUT2D eigenvalue weighted by Gasteiger charge is 2.48. The molecule has 120 valence electrons. The molecule has 2 rings (SSSR count). The number of hydrogen-bond donors (Lipinski definition) is 1. The smallest absolute Gasteiger partial charge is 0.410 e. The minimum Gasteiger partial charge on any atom is -0.444 e. The molecule has 1 saturated carbocycles. The summed E-state index contributed by atoms with van der Waals surface area (Å²) in [5.74, 6) is 0.187. The molecule has 1 N–H and O–H groups in total. The highest BCUT2D eigenvalue weighted by Crippen LogP contribution is 2.44. The molecule has 1 amide bonds. The highest BCUT2D eigenvalue weighted by molar-refractivity contribution is 5.68. The van der Waals surface area contributed by atoms with Gasteiger partial charge in [0.25, 0.3) is 0 Å². The van der Waals surface area contributed by atoms with Crippen molar-refractivity contribution in [1.82, 2.24) is 4.90 Å². The van der Waals surface area contributed by atoms with Crippen molar-refractivity contribution in [2.45, 2.75) is 45.3 Å². The minimum absolute atomic E-state index is 0.0749. The number of hydrogen-bond acceptors (Lipinski definition) is 5. The van der Waals surface area contributed by atoms with E-state index in [1.807, 2.05) is 20.8 Å². The van der Waals surface area contributed by atoms with Crippen molar-refractivity contribution in [3.63, 3.8) is 0 Å². The lowest BCUT2D eigenvalue weighted by Gasteiger charge is -2.39. The van der Waals surface area contributed by atoms with Crippen LogP contribution in [0.25, 0.3) is 0 Å². The first-order valence-electron chi connectivity index (χ1n) is 7.45. The number of aliphatic hydroxyl groups is 1. The van der Waals surface area contributed by atoms with Crippen LogP contribution in [0.3, 0.4) is 0 Å². The molecular weight excluding hydrogens is 276 g/mol. The molecule has 1 saturated heterocycles. The van der Waals surface area contributed by atoms with E-state index >= 15 is 0 Å². The Labute approximate surface area is 124 Å². The molecule has 0 aromatic carbocycles. The van der Waals surface area contributed by atoms with E-state index in [9.17, 15) is 20.0 Å². The fourth-order valence-corrected chi connectivity index (χ4v) is 3.64. The number of fused-ring (bicyclic) bond motifs is 2. The Hall–Kier alpha value is -1.37. The van der Waals surface area contributed by atoms with Gasteiger partial charge in [-0.05, 0) is 45.4 Å². The molecule has 0 radical (unpaired) electrons. The molecule has 21 heavy (non-hydrogen) atoms. The van der Waals surface area contributed by atoms with E-state index in [1.54, 1.807) is 4.90 Å². The number of rotatable bonds is 3. The summed E-state index contributed by atoms with van der Waals surface area (Å²) >= 11 is 0. The van der Waals surface area contributed by atoms with E-state index in [-0.39, 0.29) is 23.8 Å². The monoisotopic (exact) mass is 300 g/mol. The first-order chi connectivity index (χ1) is 9.67. The van der Waals surface area contributed by atoms with E-state index < -0.39 is 23.2 Å². The van der Waals surface area contributed by atoms with Crippen LogP contribution in [0.4, 0.5) is 4.79 Å². The third-order valence-corrected chi connectivity index (χ3v) is 4.34. The molecule has 1 aliphatic heterocycles. The third kappa shape index (κ3) is 3.84. The Morgan fingerprint density at radius 2 is 1.90 bits per heavy atom. The topological polar surface area (TPSA) is 92.9 Å². The number of likely N-dealkylation sites (tertiary alicyclic amines) is 1. The lowest BCUT2D eigenvalue weighted by molar-refractivity contribution is -0.493. The van der Waals surface area contributed by atoms with Crippen molar-refractivity contribution in [2.75, 3.05) is 19.6 Å². The molecule has 7 heteroatoms. The molecule has 0 spiro atoms. The predicted molar refractivity (Wildman–Crippen MR) is 75.4 cm³/mol. The van der Waals surface area contributed by atoms with Gasteiger partial charge in [-0.2, -0.15) is 0 Å². The van der Waals surface area contributed by atoms with E-state index in [1.165, 1.54) is 0 Å². The van der Waals surface area contributed by atoms with Crippen molar-refractivity contribution in [3.8, 4) is 0 Å². The second kappa shape index (κ2) is 5.79. The van der Waals surface area contributed by atoms with E-state index in [0.717, 1.165) is 12.8 Å². The molecule has 1 aliphatic carbocycles. The molecule has 2 bridgehead atoms. The number of carbonyl (C=O) groups is 1. The number of nitrogens with zero attached hydrogens (tertiary/aromatic N) is 2. The maximum absolute atomic E-state index is 12.1. The Morgan fingerprint density at radius 1 is 1.38 bits per heavy atom. The van der Waals surface area contributed by atoms with Gasteiger partial charge < -0.3 is 14.7 Å². The summed E-state index contributed by atoms with van der Waals surface area (Å²) in [7, 11) is 0. The summed E-state index contributed by atoms with van der Waals surface area (Å²) in [5.41, 5.74) is -0.530. The zero-order valence-electron chi connectivity index (χ0n) is 12.8. The number of nitro groups is 1. The van der Waals surface area contributed by atoms with Crippen molar-refractivity contribution < 1.29 is 19.6 Å². The number of carbonyl (C=O) groups excluding carboxylic acids is 1. The Balaban J connectivity index is 1.98. The molecule has 0 aromatic heterocycles. The molecule has 1 unspecified atom stereocenters. The predicted octanol–water partition coefficient (Wildman–Crippen LogP) is 1.52. The molecule has 7 nitrogen and oxygen atoms in total. The maximum atomic E-state index is 12.1. The van der Waals surface area contributed by atoms with Crippen molar-refractivity contribution in [3.05, 3.63) is 10.1 Å². The van der Waals surface area contributed by atoms with Crippen LogP contribution in [-0.4, -0.2) is 52.4 Å². The molecule has 4 atom stereocenters. The molecule has 0 aromatic rings. The number of piperidine rings is 1. The fraction of sp³-hybridized carbons (Fsp3) is 0.929. The van der Waals surface area contributed by atoms with Crippen LogP contribution in [0.2, 0.25) is 0 Å². The number of aliphatic hydroxyl groups excluding tert-OH is 1. The minimum atomic E-state index is -0.918. The molecule has 2 aliphatic rings. The normalized spacial score (nSPS) is 30.1. The van der Waals surface area contributed by atoms with E-state index in [2.05, 4.69) is 0 Å². The summed E-state index contributed by atoms with van der Waals surface area (Å²) in [4.78, 5) is 23.9. The highest BCUT2D eigenvalue weighted by atomic mass is 16.6. The van der Waals surface area contributed by atoms with Crippen LogP contribution in [0.1, 0.15) is 33.6 Å². The van der Waals surface area contributed by atoms with E-state index in [4.69, 9.17) is 4.74 Å². The van der Waals surface area contributed by atoms with Crippen molar-refractivity contribution >= 4 is 6.09 Å². The number of amides is 1. The van der Waals surface area contributed by atoms with Gasteiger partial charge in [0.1, 0.15) is 11.7 Å². The van der Waals surface area contributed by atoms with Gasteiger partial charge in [0.15, 0.2) is 0 Å². The lowest BCUT2D eigenvalue weighted by atomic mass is 9.81. The average molecular weight is 300 g/mol. The Morgan fingerprint density at radius 3 is 2.33 bits per heavy atom. The summed E-state index contributed by atoms with van der Waals surface area (Å²) in [6.45, 7) is 6.10. The summed E-state index contributed by atoms with van der Waals surface area (Å²) < 4.78 is 5.38. The van der Waals surface area contributed by atoms with E-state index in [0.29, 0.717) is 13.1 Å². The second-order valence-electron chi connectivity index (χ2n) is 7.14. The van der Waals surface area contributed by atoms with Crippen LogP contribution in [-0.2, 0) is 4.74 Å². The van der Waals surface area contributed by atoms with Crippen molar-refractivity contribution in [2.24, 2.45) is 17.8 Å². The van der Waals surface area contributed by atoms with Crippen LogP contribution in [0.15, 0.2) is 0 Å². The van der Waals surface area contributed by atoms with Gasteiger partial charge in [-0.15, -0.1) is 0 Å². The summed E-state index contributed by atoms with van der Waals surface area (Å²) in [6.07, 6.45) is 0.562. The van der Waals surface area contributed by atoms with Crippen LogP contribution < -0.4 is 0 Å². The molecule has 1 heterocycles. The SMILES string of the molecule is CC(C)(C)OC(=O)N1C[C@H]2CC[C@@H](C1)C2[C@H](O)C[N+](=O)[O-]. The van der Waals surface area contributed by atoms with Gasteiger partial charge in [0, 0.05) is 23.9 Å². The first-order valence-corrected chi connectivity index (χ1v) is 7.45. The van der Waals surface area contributed by atoms with Crippen LogP contribution in [0.5, 0.6) is 0 Å². The summed E-state index contributed by atoms with van der Waals surface area (Å²) in [5, 5.41) is 20.6. The van der Waals surface area contributed by atoms with Gasteiger partial charge >= 0.3 is 6.09 Å². The quantitative estimate of drug-likeness (QED) is 0.630. The number of ether oxygens (including phenoxy) is 1. The zero-order valence-corrected chi connectivity index (χ0v) is 12.8. The van der Waals surface area contributed by atoms with Crippen LogP contribution in [0, 0.1) is 27.9 Å². The second-order valence-corrected chi connectivity index (χ2v) is 7.14. The average Bonchev–Trinajstić information content (AvgIpc) is 2.57. The van der Waals surface area contributed by atoms with Gasteiger partial charge in [0.05, 0.1) is 0 Å². The Bertz CT molecular complexity index is 406. The largest absolute Gasteiger partial charge is 0.444 e. The van der Waals surface area contributed by atoms with Crippen LogP contribution >= 0.6 is 0 Å². The van der Waals surface area contributed by atoms with Gasteiger partial charge in [-0.3, -0.25) is 10.1 Å². The summed E-state index contributed by atoms with van der Waals surface area (Å²) in [6, 6.07) is 0. The van der Waals surface area contributed by atoms with Gasteiger partial charge in [0.2, 0.25) is 6.54 Å². The zero-order chi connectivity index (χ0) is 15.8. The standard InChI is InChI=1S/C14H24N2O5/c1-14(2,3)21-13(18)15-6-9-4-5-10(7-15)12(9)11(17)8-16(19)20/h9-12,17H,4-8H2,1-3H3/t9-,10+,11-,12?/m1/s1. The van der Waals surface area contributed by atoms with Gasteiger partial charge in [-0.1, -0.05) is 0 Å².